The van der Waals surface area contributed by atoms with Crippen LogP contribution in [0.2, 0.25) is 0 Å². The molecule has 110 valence electrons. The van der Waals surface area contributed by atoms with Gasteiger partial charge in [-0.1, -0.05) is 42.1 Å². The van der Waals surface area contributed by atoms with Crippen LogP contribution in [0.1, 0.15) is 18.4 Å². The summed E-state index contributed by atoms with van der Waals surface area (Å²) in [5.41, 5.74) is 0.867. The van der Waals surface area contributed by atoms with Gasteiger partial charge in [0.25, 0.3) is 0 Å². The number of amides is 2. The van der Waals surface area contributed by atoms with Crippen molar-refractivity contribution in [2.75, 3.05) is 0 Å². The van der Waals surface area contributed by atoms with Crippen molar-refractivity contribution in [3.8, 4) is 0 Å². The van der Waals surface area contributed by atoms with Crippen LogP contribution in [0.3, 0.4) is 0 Å². The van der Waals surface area contributed by atoms with Gasteiger partial charge in [-0.25, -0.2) is 0 Å². The Bertz CT molecular complexity index is 603. The molecule has 1 saturated carbocycles. The predicted molar refractivity (Wildman–Crippen MR) is 77.4 cm³/mol. The molecular formula is C15H15NO4S. The molecular weight excluding hydrogens is 290 g/mol. The quantitative estimate of drug-likeness (QED) is 0.801. The maximum Gasteiger partial charge on any atom is 0.244 e. The molecule has 3 rings (SSSR count). The molecule has 1 unspecified atom stereocenters. The molecule has 0 spiro atoms. The molecule has 2 amide bonds. The maximum absolute atomic E-state index is 12.3. The van der Waals surface area contributed by atoms with Gasteiger partial charge in [0.2, 0.25) is 11.8 Å². The van der Waals surface area contributed by atoms with Crippen molar-refractivity contribution in [3.05, 3.63) is 35.9 Å². The predicted octanol–water partition coefficient (Wildman–Crippen LogP) is 0.655. The lowest BCUT2D eigenvalue weighted by Gasteiger charge is -2.23. The molecule has 1 aromatic carbocycles. The molecule has 1 aromatic rings. The number of carbonyl (C=O) groups is 3. The third-order valence-electron chi connectivity index (χ3n) is 4.09. The Morgan fingerprint density at radius 2 is 2.05 bits per heavy atom. The summed E-state index contributed by atoms with van der Waals surface area (Å²) < 4.78 is -1.12. The van der Waals surface area contributed by atoms with Crippen LogP contribution in [0, 0.1) is 5.92 Å². The fourth-order valence-corrected chi connectivity index (χ4v) is 4.49. The molecule has 1 aliphatic carbocycles. The Labute approximate surface area is 126 Å². The number of aliphatic hydroxyl groups is 1. The van der Waals surface area contributed by atoms with E-state index < -0.39 is 28.6 Å². The van der Waals surface area contributed by atoms with Crippen LogP contribution in [0.4, 0.5) is 0 Å². The zero-order valence-electron chi connectivity index (χ0n) is 11.2. The molecule has 5 nitrogen and oxygen atoms in total. The molecule has 2 fully saturated rings. The van der Waals surface area contributed by atoms with Crippen LogP contribution in [0.25, 0.3) is 0 Å². The van der Waals surface area contributed by atoms with Gasteiger partial charge >= 0.3 is 0 Å². The van der Waals surface area contributed by atoms with Gasteiger partial charge in [0.1, 0.15) is 4.75 Å². The Hall–Kier alpha value is -1.66. The zero-order valence-corrected chi connectivity index (χ0v) is 12.1. The summed E-state index contributed by atoms with van der Waals surface area (Å²) in [7, 11) is 0. The number of hydrogen-bond donors (Lipinski definition) is 2. The van der Waals surface area contributed by atoms with Crippen molar-refractivity contribution >= 4 is 28.7 Å². The van der Waals surface area contributed by atoms with Crippen LogP contribution < -0.4 is 5.32 Å². The van der Waals surface area contributed by atoms with Crippen LogP contribution in [-0.4, -0.2) is 32.9 Å². The minimum Gasteiger partial charge on any atom is -0.392 e. The summed E-state index contributed by atoms with van der Waals surface area (Å²) in [6, 6.07) is 9.25. The minimum atomic E-state index is -1.12. The summed E-state index contributed by atoms with van der Waals surface area (Å²) in [6.45, 7) is 0. The third-order valence-corrected chi connectivity index (χ3v) is 5.47. The molecule has 21 heavy (non-hydrogen) atoms. The van der Waals surface area contributed by atoms with E-state index in [0.29, 0.717) is 12.8 Å². The summed E-state index contributed by atoms with van der Waals surface area (Å²) in [6.07, 6.45) is 0.0719. The van der Waals surface area contributed by atoms with E-state index in [1.807, 2.05) is 30.3 Å². The lowest BCUT2D eigenvalue weighted by molar-refractivity contribution is -0.127. The first-order chi connectivity index (χ1) is 10.0. The number of aliphatic hydroxyl groups excluding tert-OH is 1. The molecule has 1 saturated heterocycles. The van der Waals surface area contributed by atoms with E-state index in [2.05, 4.69) is 5.32 Å². The molecule has 2 aliphatic rings. The highest BCUT2D eigenvalue weighted by molar-refractivity contribution is 8.15. The molecule has 3 atom stereocenters. The second kappa shape index (κ2) is 5.27. The minimum absolute atomic E-state index is 0.162. The van der Waals surface area contributed by atoms with E-state index in [9.17, 15) is 19.5 Å². The third kappa shape index (κ3) is 2.38. The molecule has 0 aromatic heterocycles. The lowest BCUT2D eigenvalue weighted by Crippen LogP contribution is -2.39. The van der Waals surface area contributed by atoms with Crippen molar-refractivity contribution in [1.29, 1.82) is 0 Å². The van der Waals surface area contributed by atoms with Gasteiger partial charge in [0, 0.05) is 6.42 Å². The average molecular weight is 305 g/mol. The van der Waals surface area contributed by atoms with E-state index >= 15 is 0 Å². The first-order valence-electron chi connectivity index (χ1n) is 6.82. The van der Waals surface area contributed by atoms with Crippen molar-refractivity contribution < 1.29 is 19.5 Å². The number of nitrogens with one attached hydrogen (secondary N) is 1. The Morgan fingerprint density at radius 3 is 2.76 bits per heavy atom. The van der Waals surface area contributed by atoms with Crippen LogP contribution >= 0.6 is 11.8 Å². The second-order valence-corrected chi connectivity index (χ2v) is 6.82. The van der Waals surface area contributed by atoms with Gasteiger partial charge in [-0.05, 0) is 18.4 Å². The van der Waals surface area contributed by atoms with Crippen LogP contribution in [-0.2, 0) is 20.8 Å². The fraction of sp³-hybridized carbons (Fsp3) is 0.400. The van der Waals surface area contributed by atoms with Crippen molar-refractivity contribution in [2.45, 2.75) is 30.1 Å². The molecule has 1 aliphatic heterocycles. The van der Waals surface area contributed by atoms with E-state index in [4.69, 9.17) is 0 Å². The van der Waals surface area contributed by atoms with Gasteiger partial charge in [0.05, 0.1) is 12.0 Å². The monoisotopic (exact) mass is 305 g/mol. The van der Waals surface area contributed by atoms with Crippen molar-refractivity contribution in [1.82, 2.24) is 5.32 Å². The normalized spacial score (nSPS) is 31.1. The fourth-order valence-electron chi connectivity index (χ4n) is 3.09. The van der Waals surface area contributed by atoms with E-state index in [1.165, 1.54) is 0 Å². The average Bonchev–Trinajstić information content (AvgIpc) is 2.89. The van der Waals surface area contributed by atoms with Gasteiger partial charge in [-0.15, -0.1) is 0 Å². The number of thioether (sulfide) groups is 1. The Kier molecular flexibility index (Phi) is 3.59. The number of carbonyl (C=O) groups excluding carboxylic acids is 3. The maximum atomic E-state index is 12.3. The molecule has 0 bridgehead atoms. The van der Waals surface area contributed by atoms with Gasteiger partial charge in [-0.2, -0.15) is 0 Å². The van der Waals surface area contributed by atoms with Crippen LogP contribution in [0.15, 0.2) is 30.3 Å². The van der Waals surface area contributed by atoms with E-state index in [0.717, 1.165) is 17.3 Å². The molecule has 1 heterocycles. The number of hydrogen-bond acceptors (Lipinski definition) is 5. The highest BCUT2D eigenvalue weighted by atomic mass is 32.2. The topological polar surface area (TPSA) is 83.5 Å². The molecule has 6 heteroatoms. The first-order valence-corrected chi connectivity index (χ1v) is 7.64. The summed E-state index contributed by atoms with van der Waals surface area (Å²) in [5.74, 6) is -1.72. The van der Waals surface area contributed by atoms with E-state index in [-0.39, 0.29) is 11.5 Å². The largest absolute Gasteiger partial charge is 0.392 e. The second-order valence-electron chi connectivity index (χ2n) is 5.43. The Morgan fingerprint density at radius 1 is 1.33 bits per heavy atom. The number of benzene rings is 1. The van der Waals surface area contributed by atoms with Crippen LogP contribution in [0.5, 0.6) is 0 Å². The SMILES string of the molecule is O=C(Cc1ccccc1)S[C@@]12CC[C@@H](O)C1C(=O)NC2=O. The van der Waals surface area contributed by atoms with Gasteiger partial charge < -0.3 is 5.11 Å². The Balaban J connectivity index is 1.78. The number of rotatable bonds is 3. The lowest BCUT2D eigenvalue weighted by atomic mass is 9.97. The number of fused-ring (bicyclic) bond motifs is 1. The summed E-state index contributed by atoms with van der Waals surface area (Å²) in [4.78, 5) is 36.2. The molecule has 2 N–H and O–H groups in total. The highest BCUT2D eigenvalue weighted by Crippen LogP contribution is 2.49. The standard InChI is InChI=1S/C15H15NO4S/c17-10-6-7-15(12(10)13(19)16-14(15)20)21-11(18)8-9-4-2-1-3-5-9/h1-5,10,12,17H,6-8H2,(H,16,19,20)/t10-,12?,15+/m1/s1. The van der Waals surface area contributed by atoms with Gasteiger partial charge in [-0.3, -0.25) is 19.7 Å². The first kappa shape index (κ1) is 14.3. The molecule has 0 radical (unpaired) electrons. The van der Waals surface area contributed by atoms with Crippen molar-refractivity contribution in [3.63, 3.8) is 0 Å². The highest BCUT2D eigenvalue weighted by Gasteiger charge is 2.62. The summed E-state index contributed by atoms with van der Waals surface area (Å²) >= 11 is 0.904. The smallest absolute Gasteiger partial charge is 0.244 e. The van der Waals surface area contributed by atoms with E-state index in [1.54, 1.807) is 0 Å². The zero-order chi connectivity index (χ0) is 15.0. The summed E-state index contributed by atoms with van der Waals surface area (Å²) in [5, 5.41) is 12.0. The number of imide groups is 1. The van der Waals surface area contributed by atoms with Gasteiger partial charge in [0.15, 0.2) is 5.12 Å². The van der Waals surface area contributed by atoms with Crippen molar-refractivity contribution in [2.24, 2.45) is 5.92 Å².